The number of nitrogens with zero attached hydrogens (tertiary/aromatic N) is 5. The molecule has 3 rings (SSSR count). The second-order valence-electron chi connectivity index (χ2n) is 4.58. The molecule has 1 N–H and O–H groups in total. The molecule has 100 valence electrons. The normalized spacial score (nSPS) is 16.8. The number of aliphatic hydroxyl groups excluding tert-OH is 1. The van der Waals surface area contributed by atoms with Crippen LogP contribution in [-0.2, 0) is 0 Å². The molecule has 2 aromatic heterocycles. The summed E-state index contributed by atoms with van der Waals surface area (Å²) in [5, 5.41) is 18.8. The Hall–Kier alpha value is -1.60. The molecule has 3 heterocycles. The van der Waals surface area contributed by atoms with E-state index in [9.17, 15) is 5.11 Å². The molecule has 19 heavy (non-hydrogen) atoms. The second-order valence-corrected chi connectivity index (χ2v) is 5.59. The van der Waals surface area contributed by atoms with Crippen molar-refractivity contribution in [2.75, 3.05) is 18.0 Å². The average Bonchev–Trinajstić information content (AvgIpc) is 3.10. The van der Waals surface area contributed by atoms with Crippen LogP contribution >= 0.6 is 11.3 Å². The van der Waals surface area contributed by atoms with E-state index < -0.39 is 6.10 Å². The molecule has 0 aliphatic carbocycles. The molecule has 0 saturated carbocycles. The first-order chi connectivity index (χ1) is 9.24. The molecule has 0 amide bonds. The van der Waals surface area contributed by atoms with Crippen molar-refractivity contribution in [3.63, 3.8) is 0 Å². The van der Waals surface area contributed by atoms with Crippen LogP contribution in [0.5, 0.6) is 0 Å². The maximum absolute atomic E-state index is 9.47. The van der Waals surface area contributed by atoms with E-state index in [0.29, 0.717) is 15.7 Å². The zero-order chi connectivity index (χ0) is 13.2. The van der Waals surface area contributed by atoms with Crippen LogP contribution in [0, 0.1) is 0 Å². The molecule has 1 saturated heterocycles. The minimum Gasteiger partial charge on any atom is -0.386 e. The molecular formula is C12H15N5OS. The van der Waals surface area contributed by atoms with Gasteiger partial charge in [0.15, 0.2) is 5.01 Å². The standard InChI is InChI=1S/C12H15N5OS/c1-8(18)11-15-16-12(19-11)9-6-13-7-10(14-9)17-4-2-3-5-17/h6-8,18H,2-5H2,1H3. The van der Waals surface area contributed by atoms with Gasteiger partial charge in [-0.2, -0.15) is 0 Å². The molecule has 1 aliphatic heterocycles. The Morgan fingerprint density at radius 1 is 1.26 bits per heavy atom. The van der Waals surface area contributed by atoms with Gasteiger partial charge < -0.3 is 10.0 Å². The predicted molar refractivity (Wildman–Crippen MR) is 73.0 cm³/mol. The Bertz CT molecular complexity index is 565. The van der Waals surface area contributed by atoms with Crippen molar-refractivity contribution in [3.8, 4) is 10.7 Å². The van der Waals surface area contributed by atoms with Crippen LogP contribution in [-0.4, -0.2) is 38.4 Å². The lowest BCUT2D eigenvalue weighted by Gasteiger charge is -2.15. The van der Waals surface area contributed by atoms with E-state index in [2.05, 4.69) is 25.1 Å². The highest BCUT2D eigenvalue weighted by atomic mass is 32.1. The van der Waals surface area contributed by atoms with Crippen LogP contribution in [0.3, 0.4) is 0 Å². The third-order valence-corrected chi connectivity index (χ3v) is 4.19. The van der Waals surface area contributed by atoms with Crippen molar-refractivity contribution >= 4 is 17.2 Å². The minimum atomic E-state index is -0.596. The Labute approximate surface area is 115 Å². The molecule has 0 aromatic carbocycles. The van der Waals surface area contributed by atoms with Gasteiger partial charge in [0, 0.05) is 13.1 Å². The molecule has 0 spiro atoms. The van der Waals surface area contributed by atoms with Gasteiger partial charge in [-0.1, -0.05) is 11.3 Å². The molecule has 7 heteroatoms. The summed E-state index contributed by atoms with van der Waals surface area (Å²) in [6, 6.07) is 0. The molecule has 1 aliphatic rings. The molecule has 1 atom stereocenters. The van der Waals surface area contributed by atoms with E-state index in [1.807, 2.05) is 0 Å². The predicted octanol–water partition coefficient (Wildman–Crippen LogP) is 1.65. The van der Waals surface area contributed by atoms with Crippen molar-refractivity contribution in [2.45, 2.75) is 25.9 Å². The fourth-order valence-corrected chi connectivity index (χ4v) is 2.80. The second kappa shape index (κ2) is 5.18. The van der Waals surface area contributed by atoms with Crippen molar-refractivity contribution < 1.29 is 5.11 Å². The molecule has 0 bridgehead atoms. The lowest BCUT2D eigenvalue weighted by Crippen LogP contribution is -2.19. The number of hydrogen-bond acceptors (Lipinski definition) is 7. The van der Waals surface area contributed by atoms with E-state index in [1.54, 1.807) is 19.3 Å². The highest BCUT2D eigenvalue weighted by Gasteiger charge is 2.16. The number of hydrogen-bond donors (Lipinski definition) is 1. The van der Waals surface area contributed by atoms with Gasteiger partial charge in [-0.25, -0.2) is 4.98 Å². The molecule has 1 fully saturated rings. The summed E-state index contributed by atoms with van der Waals surface area (Å²) in [7, 11) is 0. The van der Waals surface area contributed by atoms with Crippen LogP contribution < -0.4 is 4.90 Å². The third kappa shape index (κ3) is 2.57. The maximum Gasteiger partial charge on any atom is 0.168 e. The number of aliphatic hydroxyl groups is 1. The first-order valence-electron chi connectivity index (χ1n) is 6.33. The number of anilines is 1. The first-order valence-corrected chi connectivity index (χ1v) is 7.14. The first kappa shape index (κ1) is 12.4. The van der Waals surface area contributed by atoms with Crippen molar-refractivity contribution in [3.05, 3.63) is 17.4 Å². The van der Waals surface area contributed by atoms with Crippen LogP contribution in [0.1, 0.15) is 30.9 Å². The van der Waals surface area contributed by atoms with Gasteiger partial charge >= 0.3 is 0 Å². The molecule has 2 aromatic rings. The Balaban J connectivity index is 1.89. The summed E-state index contributed by atoms with van der Waals surface area (Å²) in [6.07, 6.45) is 5.28. The summed E-state index contributed by atoms with van der Waals surface area (Å²) in [4.78, 5) is 11.0. The summed E-state index contributed by atoms with van der Waals surface area (Å²) in [5.41, 5.74) is 0.716. The SMILES string of the molecule is CC(O)c1nnc(-c2cncc(N3CCCC3)n2)s1. The van der Waals surface area contributed by atoms with Crippen molar-refractivity contribution in [2.24, 2.45) is 0 Å². The van der Waals surface area contributed by atoms with Crippen molar-refractivity contribution in [1.29, 1.82) is 0 Å². The van der Waals surface area contributed by atoms with E-state index >= 15 is 0 Å². The van der Waals surface area contributed by atoms with Gasteiger partial charge in [0.1, 0.15) is 22.6 Å². The van der Waals surface area contributed by atoms with Gasteiger partial charge in [-0.3, -0.25) is 4.98 Å². The van der Waals surface area contributed by atoms with Gasteiger partial charge in [-0.05, 0) is 19.8 Å². The summed E-state index contributed by atoms with van der Waals surface area (Å²) >= 11 is 1.35. The molecular weight excluding hydrogens is 262 g/mol. The topological polar surface area (TPSA) is 75.0 Å². The smallest absolute Gasteiger partial charge is 0.168 e. The average molecular weight is 277 g/mol. The van der Waals surface area contributed by atoms with Crippen molar-refractivity contribution in [1.82, 2.24) is 20.2 Å². The zero-order valence-electron chi connectivity index (χ0n) is 10.7. The third-order valence-electron chi connectivity index (χ3n) is 3.07. The molecule has 1 unspecified atom stereocenters. The van der Waals surface area contributed by atoms with Gasteiger partial charge in [0.25, 0.3) is 0 Å². The largest absolute Gasteiger partial charge is 0.386 e. The zero-order valence-corrected chi connectivity index (χ0v) is 11.5. The van der Waals surface area contributed by atoms with Gasteiger partial charge in [-0.15, -0.1) is 10.2 Å². The van der Waals surface area contributed by atoms with Crippen LogP contribution in [0.25, 0.3) is 10.7 Å². The Morgan fingerprint density at radius 3 is 2.74 bits per heavy atom. The van der Waals surface area contributed by atoms with E-state index in [0.717, 1.165) is 18.9 Å². The Kier molecular flexibility index (Phi) is 3.39. The summed E-state index contributed by atoms with van der Waals surface area (Å²) in [6.45, 7) is 3.75. The lowest BCUT2D eigenvalue weighted by molar-refractivity contribution is 0.198. The quantitative estimate of drug-likeness (QED) is 0.919. The van der Waals surface area contributed by atoms with E-state index in [-0.39, 0.29) is 0 Å². The van der Waals surface area contributed by atoms with Crippen LogP contribution in [0.4, 0.5) is 5.82 Å². The van der Waals surface area contributed by atoms with E-state index in [1.165, 1.54) is 24.2 Å². The highest BCUT2D eigenvalue weighted by molar-refractivity contribution is 7.14. The molecule has 6 nitrogen and oxygen atoms in total. The summed E-state index contributed by atoms with van der Waals surface area (Å²) < 4.78 is 0. The monoisotopic (exact) mass is 277 g/mol. The van der Waals surface area contributed by atoms with Gasteiger partial charge in [0.2, 0.25) is 0 Å². The fraction of sp³-hybridized carbons (Fsp3) is 0.500. The number of rotatable bonds is 3. The lowest BCUT2D eigenvalue weighted by atomic mass is 10.4. The molecule has 0 radical (unpaired) electrons. The minimum absolute atomic E-state index is 0.596. The number of aromatic nitrogens is 4. The highest BCUT2D eigenvalue weighted by Crippen LogP contribution is 2.26. The maximum atomic E-state index is 9.47. The van der Waals surface area contributed by atoms with E-state index in [4.69, 9.17) is 0 Å². The van der Waals surface area contributed by atoms with Crippen LogP contribution in [0.15, 0.2) is 12.4 Å². The summed E-state index contributed by atoms with van der Waals surface area (Å²) in [5.74, 6) is 0.892. The Morgan fingerprint density at radius 2 is 2.05 bits per heavy atom. The van der Waals surface area contributed by atoms with Crippen LogP contribution in [0.2, 0.25) is 0 Å². The van der Waals surface area contributed by atoms with Gasteiger partial charge in [0.05, 0.1) is 12.4 Å². The fourth-order valence-electron chi connectivity index (χ4n) is 2.06.